The second-order valence-electron chi connectivity index (χ2n) is 6.49. The molecule has 0 radical (unpaired) electrons. The topological polar surface area (TPSA) is 52.1 Å². The fraction of sp³-hybridized carbons (Fsp3) is 0.650. The Balaban J connectivity index is 0.00000364. The fourth-order valence-electron chi connectivity index (χ4n) is 3.04. The van der Waals surface area contributed by atoms with Gasteiger partial charge in [0, 0.05) is 59.0 Å². The van der Waals surface area contributed by atoms with Crippen molar-refractivity contribution in [3.05, 3.63) is 35.9 Å². The highest BCUT2D eigenvalue weighted by Gasteiger charge is 2.16. The molecular formula is C20H36IN5O. The van der Waals surface area contributed by atoms with Crippen molar-refractivity contribution in [3.8, 4) is 0 Å². The zero-order chi connectivity index (χ0) is 18.5. The molecule has 1 aliphatic rings. The molecule has 1 aromatic rings. The Morgan fingerprint density at radius 1 is 1.04 bits per heavy atom. The van der Waals surface area contributed by atoms with Crippen LogP contribution in [0.1, 0.15) is 19.4 Å². The van der Waals surface area contributed by atoms with Crippen LogP contribution in [0.15, 0.2) is 35.3 Å². The van der Waals surface area contributed by atoms with Gasteiger partial charge in [-0.05, 0) is 19.4 Å². The lowest BCUT2D eigenvalue weighted by Crippen LogP contribution is -2.46. The first-order chi connectivity index (χ1) is 12.8. The molecular weight excluding hydrogens is 453 g/mol. The first kappa shape index (κ1) is 24.1. The van der Waals surface area contributed by atoms with Crippen molar-refractivity contribution in [1.29, 1.82) is 0 Å². The second-order valence-corrected chi connectivity index (χ2v) is 6.49. The molecule has 0 spiro atoms. The third kappa shape index (κ3) is 10.3. The number of guanidine groups is 1. The summed E-state index contributed by atoms with van der Waals surface area (Å²) in [6.45, 7) is 14.6. The maximum absolute atomic E-state index is 5.36. The summed E-state index contributed by atoms with van der Waals surface area (Å²) in [5.41, 5.74) is 1.40. The van der Waals surface area contributed by atoms with Gasteiger partial charge in [0.25, 0.3) is 0 Å². The number of aliphatic imine (C=N–C) groups is 1. The molecule has 0 unspecified atom stereocenters. The van der Waals surface area contributed by atoms with Gasteiger partial charge < -0.3 is 15.4 Å². The number of ether oxygens (including phenoxy) is 1. The van der Waals surface area contributed by atoms with Crippen molar-refractivity contribution in [2.45, 2.75) is 20.4 Å². The summed E-state index contributed by atoms with van der Waals surface area (Å²) in [6, 6.07) is 10.7. The van der Waals surface area contributed by atoms with Crippen LogP contribution < -0.4 is 10.6 Å². The van der Waals surface area contributed by atoms with Crippen molar-refractivity contribution < 1.29 is 4.74 Å². The Bertz CT molecular complexity index is 506. The molecule has 0 aliphatic carbocycles. The lowest BCUT2D eigenvalue weighted by molar-refractivity contribution is 0.130. The molecule has 1 aliphatic heterocycles. The van der Waals surface area contributed by atoms with Crippen LogP contribution in [0.4, 0.5) is 0 Å². The number of nitrogens with zero attached hydrogens (tertiary/aromatic N) is 3. The van der Waals surface area contributed by atoms with Crippen LogP contribution in [0.5, 0.6) is 0 Å². The van der Waals surface area contributed by atoms with Crippen LogP contribution in [0.3, 0.4) is 0 Å². The third-order valence-corrected chi connectivity index (χ3v) is 4.49. The monoisotopic (exact) mass is 489 g/mol. The summed E-state index contributed by atoms with van der Waals surface area (Å²) in [5, 5.41) is 6.60. The van der Waals surface area contributed by atoms with Gasteiger partial charge in [0.2, 0.25) is 0 Å². The van der Waals surface area contributed by atoms with Gasteiger partial charge in [-0.3, -0.25) is 14.8 Å². The number of piperazine rings is 1. The average Bonchev–Trinajstić information content (AvgIpc) is 2.67. The highest BCUT2D eigenvalue weighted by molar-refractivity contribution is 14.0. The van der Waals surface area contributed by atoms with Gasteiger partial charge in [-0.15, -0.1) is 24.0 Å². The van der Waals surface area contributed by atoms with E-state index in [2.05, 4.69) is 62.7 Å². The predicted molar refractivity (Wildman–Crippen MR) is 124 cm³/mol. The maximum Gasteiger partial charge on any atom is 0.191 e. The van der Waals surface area contributed by atoms with E-state index in [4.69, 9.17) is 4.74 Å². The second kappa shape index (κ2) is 15.1. The molecule has 154 valence electrons. The van der Waals surface area contributed by atoms with E-state index >= 15 is 0 Å². The largest absolute Gasteiger partial charge is 0.380 e. The number of hydrogen-bond donors (Lipinski definition) is 2. The quantitative estimate of drug-likeness (QED) is 0.228. The normalized spacial score (nSPS) is 16.0. The Labute approximate surface area is 181 Å². The van der Waals surface area contributed by atoms with Gasteiger partial charge in [0.1, 0.15) is 0 Å². The zero-order valence-electron chi connectivity index (χ0n) is 16.8. The Hall–Kier alpha value is -0.900. The first-order valence-corrected chi connectivity index (χ1v) is 9.90. The number of hydrogen-bond acceptors (Lipinski definition) is 4. The lowest BCUT2D eigenvalue weighted by atomic mass is 10.2. The van der Waals surface area contributed by atoms with Gasteiger partial charge in [-0.1, -0.05) is 30.3 Å². The average molecular weight is 489 g/mol. The molecule has 0 aromatic heterocycles. The highest BCUT2D eigenvalue weighted by atomic mass is 127. The van der Waals surface area contributed by atoms with E-state index < -0.39 is 0 Å². The molecule has 1 aromatic carbocycles. The number of rotatable bonds is 10. The third-order valence-electron chi connectivity index (χ3n) is 4.49. The fourth-order valence-corrected chi connectivity index (χ4v) is 3.04. The van der Waals surface area contributed by atoms with E-state index in [0.717, 1.165) is 71.5 Å². The molecule has 0 atom stereocenters. The first-order valence-electron chi connectivity index (χ1n) is 9.90. The van der Waals surface area contributed by atoms with Gasteiger partial charge in [0.05, 0.1) is 13.2 Å². The smallest absolute Gasteiger partial charge is 0.191 e. The van der Waals surface area contributed by atoms with E-state index in [9.17, 15) is 0 Å². The van der Waals surface area contributed by atoms with Crippen LogP contribution in [0, 0.1) is 0 Å². The molecule has 2 rings (SSSR count). The summed E-state index contributed by atoms with van der Waals surface area (Å²) in [7, 11) is 0. The van der Waals surface area contributed by atoms with Crippen LogP contribution in [-0.2, 0) is 11.3 Å². The standard InChI is InChI=1S/C20H35N5O.HI/c1-3-21-20(23-11-17-26-4-2)22-10-12-24-13-15-25(16-14-24)18-19-8-6-5-7-9-19;/h5-9H,3-4,10-18H2,1-2H3,(H2,21,22,23);1H. The summed E-state index contributed by atoms with van der Waals surface area (Å²) in [4.78, 5) is 9.72. The van der Waals surface area contributed by atoms with Crippen LogP contribution in [0.25, 0.3) is 0 Å². The number of nitrogens with one attached hydrogen (secondary N) is 2. The number of benzene rings is 1. The molecule has 1 saturated heterocycles. The van der Waals surface area contributed by atoms with Crippen molar-refractivity contribution in [2.24, 2.45) is 4.99 Å². The van der Waals surface area contributed by atoms with Crippen LogP contribution in [-0.4, -0.2) is 81.3 Å². The van der Waals surface area contributed by atoms with E-state index in [1.165, 1.54) is 5.56 Å². The minimum atomic E-state index is 0. The van der Waals surface area contributed by atoms with Crippen molar-refractivity contribution in [3.63, 3.8) is 0 Å². The minimum Gasteiger partial charge on any atom is -0.380 e. The Kier molecular flexibility index (Phi) is 13.5. The summed E-state index contributed by atoms with van der Waals surface area (Å²) in [5.74, 6) is 0.884. The van der Waals surface area contributed by atoms with Crippen molar-refractivity contribution in [2.75, 3.05) is 65.6 Å². The molecule has 2 N–H and O–H groups in total. The summed E-state index contributed by atoms with van der Waals surface area (Å²) >= 11 is 0. The van der Waals surface area contributed by atoms with E-state index in [0.29, 0.717) is 6.61 Å². The molecule has 1 fully saturated rings. The van der Waals surface area contributed by atoms with E-state index in [1.54, 1.807) is 0 Å². The Morgan fingerprint density at radius 3 is 2.41 bits per heavy atom. The highest BCUT2D eigenvalue weighted by Crippen LogP contribution is 2.08. The van der Waals surface area contributed by atoms with Crippen LogP contribution in [0.2, 0.25) is 0 Å². The molecule has 7 heteroatoms. The minimum absolute atomic E-state index is 0. The predicted octanol–water partition coefficient (Wildman–Crippen LogP) is 2.01. The SMILES string of the molecule is CCNC(=NCCN1CCN(Cc2ccccc2)CC1)NCCOCC.I. The van der Waals surface area contributed by atoms with Gasteiger partial charge in [-0.25, -0.2) is 0 Å². The lowest BCUT2D eigenvalue weighted by Gasteiger charge is -2.34. The van der Waals surface area contributed by atoms with Gasteiger partial charge in [0.15, 0.2) is 5.96 Å². The zero-order valence-corrected chi connectivity index (χ0v) is 19.2. The Morgan fingerprint density at radius 2 is 1.74 bits per heavy atom. The van der Waals surface area contributed by atoms with E-state index in [-0.39, 0.29) is 24.0 Å². The van der Waals surface area contributed by atoms with Crippen molar-refractivity contribution >= 4 is 29.9 Å². The summed E-state index contributed by atoms with van der Waals surface area (Å²) in [6.07, 6.45) is 0. The van der Waals surface area contributed by atoms with Gasteiger partial charge in [-0.2, -0.15) is 0 Å². The molecule has 0 bridgehead atoms. The molecule has 0 amide bonds. The number of halogens is 1. The van der Waals surface area contributed by atoms with Gasteiger partial charge >= 0.3 is 0 Å². The van der Waals surface area contributed by atoms with E-state index in [1.807, 2.05) is 6.92 Å². The molecule has 0 saturated carbocycles. The molecule has 6 nitrogen and oxygen atoms in total. The van der Waals surface area contributed by atoms with Crippen molar-refractivity contribution in [1.82, 2.24) is 20.4 Å². The molecule has 27 heavy (non-hydrogen) atoms. The summed E-state index contributed by atoms with van der Waals surface area (Å²) < 4.78 is 5.36. The molecule has 1 heterocycles. The maximum atomic E-state index is 5.36. The van der Waals surface area contributed by atoms with Crippen LogP contribution >= 0.6 is 24.0 Å².